The molecule has 0 saturated heterocycles. The SMILES string of the molecule is COc1ccccc1[C@@H](O)CNC(=O)Nc1ccc(C)cc1C. The molecule has 3 N–H and O–H groups in total. The zero-order valence-corrected chi connectivity index (χ0v) is 13.6. The summed E-state index contributed by atoms with van der Waals surface area (Å²) in [5.41, 5.74) is 3.52. The van der Waals surface area contributed by atoms with Crippen molar-refractivity contribution in [3.05, 3.63) is 59.2 Å². The van der Waals surface area contributed by atoms with Crippen LogP contribution in [0, 0.1) is 13.8 Å². The lowest BCUT2D eigenvalue weighted by atomic mass is 10.1. The molecule has 122 valence electrons. The van der Waals surface area contributed by atoms with E-state index in [0.29, 0.717) is 11.3 Å². The highest BCUT2D eigenvalue weighted by Gasteiger charge is 2.14. The molecule has 2 aromatic rings. The number of amides is 2. The number of carbonyl (C=O) groups excluding carboxylic acids is 1. The van der Waals surface area contributed by atoms with Gasteiger partial charge in [0.05, 0.1) is 13.2 Å². The number of aliphatic hydroxyl groups is 1. The number of aliphatic hydroxyl groups excluding tert-OH is 1. The van der Waals surface area contributed by atoms with Gasteiger partial charge in [-0.25, -0.2) is 4.79 Å². The zero-order valence-electron chi connectivity index (χ0n) is 13.6. The minimum absolute atomic E-state index is 0.0944. The number of rotatable bonds is 5. The molecule has 2 aromatic carbocycles. The van der Waals surface area contributed by atoms with E-state index in [9.17, 15) is 9.90 Å². The van der Waals surface area contributed by atoms with Crippen LogP contribution in [0.15, 0.2) is 42.5 Å². The van der Waals surface area contributed by atoms with Gasteiger partial charge in [-0.05, 0) is 31.5 Å². The Morgan fingerprint density at radius 3 is 2.65 bits per heavy atom. The van der Waals surface area contributed by atoms with E-state index >= 15 is 0 Å². The third kappa shape index (κ3) is 4.47. The van der Waals surface area contributed by atoms with Crippen molar-refractivity contribution in [2.45, 2.75) is 20.0 Å². The highest BCUT2D eigenvalue weighted by atomic mass is 16.5. The highest BCUT2D eigenvalue weighted by molar-refractivity contribution is 5.90. The third-order valence-corrected chi connectivity index (χ3v) is 3.58. The van der Waals surface area contributed by atoms with Crippen molar-refractivity contribution in [2.24, 2.45) is 0 Å². The number of para-hydroxylation sites is 1. The summed E-state index contributed by atoms with van der Waals surface area (Å²) in [5, 5.41) is 15.7. The van der Waals surface area contributed by atoms with Gasteiger partial charge in [0, 0.05) is 17.8 Å². The van der Waals surface area contributed by atoms with Gasteiger partial charge in [-0.3, -0.25) is 0 Å². The number of anilines is 1. The second-order valence-electron chi connectivity index (χ2n) is 5.41. The van der Waals surface area contributed by atoms with Crippen LogP contribution in [0.5, 0.6) is 5.75 Å². The van der Waals surface area contributed by atoms with Crippen LogP contribution in [0.25, 0.3) is 0 Å². The van der Waals surface area contributed by atoms with Crippen molar-refractivity contribution < 1.29 is 14.6 Å². The Morgan fingerprint density at radius 2 is 1.96 bits per heavy atom. The molecule has 0 fully saturated rings. The number of carbonyl (C=O) groups is 1. The van der Waals surface area contributed by atoms with Gasteiger partial charge >= 0.3 is 6.03 Å². The molecule has 0 aliphatic heterocycles. The van der Waals surface area contributed by atoms with Crippen LogP contribution in [0.4, 0.5) is 10.5 Å². The number of ether oxygens (including phenoxy) is 1. The summed E-state index contributed by atoms with van der Waals surface area (Å²) in [4.78, 5) is 12.0. The second-order valence-corrected chi connectivity index (χ2v) is 5.41. The molecular formula is C18H22N2O3. The molecule has 2 rings (SSSR count). The van der Waals surface area contributed by atoms with Gasteiger partial charge in [-0.1, -0.05) is 35.9 Å². The summed E-state index contributed by atoms with van der Waals surface area (Å²) in [6.07, 6.45) is -0.837. The molecule has 0 saturated carbocycles. The quantitative estimate of drug-likeness (QED) is 0.794. The van der Waals surface area contributed by atoms with Gasteiger partial charge in [0.2, 0.25) is 0 Å². The fraction of sp³-hybridized carbons (Fsp3) is 0.278. The minimum atomic E-state index is -0.837. The largest absolute Gasteiger partial charge is 0.496 e. The lowest BCUT2D eigenvalue weighted by Gasteiger charge is -2.16. The maximum absolute atomic E-state index is 12.0. The highest BCUT2D eigenvalue weighted by Crippen LogP contribution is 2.24. The topological polar surface area (TPSA) is 70.6 Å². The molecule has 0 bridgehead atoms. The molecule has 0 unspecified atom stereocenters. The fourth-order valence-electron chi connectivity index (χ4n) is 2.36. The van der Waals surface area contributed by atoms with Gasteiger partial charge in [0.15, 0.2) is 0 Å². The number of urea groups is 1. The van der Waals surface area contributed by atoms with Crippen LogP contribution in [-0.4, -0.2) is 24.8 Å². The van der Waals surface area contributed by atoms with Crippen LogP contribution < -0.4 is 15.4 Å². The summed E-state index contributed by atoms with van der Waals surface area (Å²) < 4.78 is 5.21. The van der Waals surface area contributed by atoms with E-state index < -0.39 is 6.10 Å². The Hall–Kier alpha value is -2.53. The summed E-state index contributed by atoms with van der Waals surface area (Å²) in [7, 11) is 1.55. The number of methoxy groups -OCH3 is 1. The van der Waals surface area contributed by atoms with Crippen LogP contribution in [0.2, 0.25) is 0 Å². The van der Waals surface area contributed by atoms with E-state index in [4.69, 9.17) is 4.74 Å². The molecule has 23 heavy (non-hydrogen) atoms. The number of aryl methyl sites for hydroxylation is 2. The molecule has 5 nitrogen and oxygen atoms in total. The maximum Gasteiger partial charge on any atom is 0.319 e. The molecule has 0 aliphatic carbocycles. The number of hydrogen-bond donors (Lipinski definition) is 3. The van der Waals surface area contributed by atoms with E-state index in [1.54, 1.807) is 19.2 Å². The van der Waals surface area contributed by atoms with Crippen molar-refractivity contribution >= 4 is 11.7 Å². The maximum atomic E-state index is 12.0. The van der Waals surface area contributed by atoms with E-state index in [0.717, 1.165) is 16.8 Å². The normalized spacial score (nSPS) is 11.7. The zero-order chi connectivity index (χ0) is 16.8. The van der Waals surface area contributed by atoms with Crippen molar-refractivity contribution in [1.29, 1.82) is 0 Å². The fourth-order valence-corrected chi connectivity index (χ4v) is 2.36. The van der Waals surface area contributed by atoms with E-state index in [2.05, 4.69) is 10.6 Å². The molecule has 2 amide bonds. The predicted octanol–water partition coefficient (Wildman–Crippen LogP) is 3.17. The first kappa shape index (κ1) is 16.8. The Balaban J connectivity index is 1.93. The van der Waals surface area contributed by atoms with Crippen molar-refractivity contribution in [3.63, 3.8) is 0 Å². The lowest BCUT2D eigenvalue weighted by Crippen LogP contribution is -2.32. The number of benzene rings is 2. The van der Waals surface area contributed by atoms with Crippen LogP contribution in [-0.2, 0) is 0 Å². The monoisotopic (exact) mass is 314 g/mol. The molecule has 5 heteroatoms. The van der Waals surface area contributed by atoms with Crippen molar-refractivity contribution in [1.82, 2.24) is 5.32 Å². The van der Waals surface area contributed by atoms with Crippen molar-refractivity contribution in [2.75, 3.05) is 19.0 Å². The Labute approximate surface area is 136 Å². The molecule has 0 spiro atoms. The summed E-state index contributed by atoms with van der Waals surface area (Å²) >= 11 is 0. The molecule has 0 aliphatic rings. The van der Waals surface area contributed by atoms with Crippen LogP contribution in [0.3, 0.4) is 0 Å². The Kier molecular flexibility index (Phi) is 5.60. The average Bonchev–Trinajstić information content (AvgIpc) is 2.55. The number of hydrogen-bond acceptors (Lipinski definition) is 3. The second kappa shape index (κ2) is 7.65. The van der Waals surface area contributed by atoms with Crippen LogP contribution in [0.1, 0.15) is 22.8 Å². The van der Waals surface area contributed by atoms with Gasteiger partial charge < -0.3 is 20.5 Å². The number of nitrogens with one attached hydrogen (secondary N) is 2. The Bertz CT molecular complexity index is 686. The molecule has 0 heterocycles. The van der Waals surface area contributed by atoms with Gasteiger partial charge in [0.1, 0.15) is 5.75 Å². The average molecular weight is 314 g/mol. The van der Waals surface area contributed by atoms with Gasteiger partial charge in [-0.2, -0.15) is 0 Å². The van der Waals surface area contributed by atoms with E-state index in [1.807, 2.05) is 44.2 Å². The first-order valence-electron chi connectivity index (χ1n) is 7.44. The van der Waals surface area contributed by atoms with E-state index in [1.165, 1.54) is 0 Å². The van der Waals surface area contributed by atoms with Gasteiger partial charge in [0.25, 0.3) is 0 Å². The molecule has 0 radical (unpaired) electrons. The predicted molar refractivity (Wildman–Crippen MR) is 90.9 cm³/mol. The molecular weight excluding hydrogens is 292 g/mol. The summed E-state index contributed by atoms with van der Waals surface area (Å²) in [6, 6.07) is 12.6. The Morgan fingerprint density at radius 1 is 1.22 bits per heavy atom. The first-order valence-corrected chi connectivity index (χ1v) is 7.44. The third-order valence-electron chi connectivity index (χ3n) is 3.58. The first-order chi connectivity index (χ1) is 11.0. The summed E-state index contributed by atoms with van der Waals surface area (Å²) in [5.74, 6) is 0.594. The molecule has 1 atom stereocenters. The van der Waals surface area contributed by atoms with E-state index in [-0.39, 0.29) is 12.6 Å². The van der Waals surface area contributed by atoms with Gasteiger partial charge in [-0.15, -0.1) is 0 Å². The molecule has 0 aromatic heterocycles. The van der Waals surface area contributed by atoms with Crippen molar-refractivity contribution in [3.8, 4) is 5.75 Å². The summed E-state index contributed by atoms with van der Waals surface area (Å²) in [6.45, 7) is 4.03. The lowest BCUT2D eigenvalue weighted by molar-refractivity contribution is 0.171. The van der Waals surface area contributed by atoms with Crippen LogP contribution >= 0.6 is 0 Å². The standard InChI is InChI=1S/C18H22N2O3/c1-12-8-9-15(13(2)10-12)20-18(22)19-11-16(21)14-6-4-5-7-17(14)23-3/h4-10,16,21H,11H2,1-3H3,(H2,19,20,22)/t16-/m0/s1. The smallest absolute Gasteiger partial charge is 0.319 e. The minimum Gasteiger partial charge on any atom is -0.496 e.